The minimum absolute atomic E-state index is 0.749. The summed E-state index contributed by atoms with van der Waals surface area (Å²) < 4.78 is 0. The minimum Gasteiger partial charge on any atom is -0.319 e. The molecule has 18 heavy (non-hydrogen) atoms. The first-order valence-corrected chi connectivity index (χ1v) is 6.82. The molecule has 1 aliphatic carbocycles. The number of nitrogens with zero attached hydrogens (tertiary/aromatic N) is 3. The Morgan fingerprint density at radius 3 is 3.00 bits per heavy atom. The summed E-state index contributed by atoms with van der Waals surface area (Å²) in [6, 6.07) is 0. The van der Waals surface area contributed by atoms with Gasteiger partial charge in [-0.3, -0.25) is 0 Å². The molecule has 4 heteroatoms. The summed E-state index contributed by atoms with van der Waals surface area (Å²) in [6.07, 6.45) is 6.48. The largest absolute Gasteiger partial charge is 0.319 e. The molecule has 0 saturated heterocycles. The van der Waals surface area contributed by atoms with E-state index in [1.54, 1.807) is 0 Å². The highest BCUT2D eigenvalue weighted by molar-refractivity contribution is 5.21. The zero-order chi connectivity index (χ0) is 13.0. The molecule has 0 aliphatic heterocycles. The van der Waals surface area contributed by atoms with Crippen molar-refractivity contribution >= 4 is 0 Å². The predicted molar refractivity (Wildman–Crippen MR) is 73.7 cm³/mol. The van der Waals surface area contributed by atoms with Crippen molar-refractivity contribution < 1.29 is 0 Å². The normalized spacial score (nSPS) is 19.0. The average Bonchev–Trinajstić information content (AvgIpc) is 2.36. The molecule has 1 N–H and O–H groups in total. The van der Waals surface area contributed by atoms with Gasteiger partial charge in [0.25, 0.3) is 0 Å². The molecule has 0 amide bonds. The van der Waals surface area contributed by atoms with Crippen molar-refractivity contribution in [2.75, 3.05) is 34.2 Å². The van der Waals surface area contributed by atoms with E-state index < -0.39 is 0 Å². The minimum atomic E-state index is 0.749. The van der Waals surface area contributed by atoms with Crippen LogP contribution in [0.1, 0.15) is 23.5 Å². The van der Waals surface area contributed by atoms with Crippen LogP contribution in [0.4, 0.5) is 0 Å². The molecule has 100 valence electrons. The van der Waals surface area contributed by atoms with E-state index in [0.717, 1.165) is 44.1 Å². The fraction of sp³-hybridized carbons (Fsp3) is 0.714. The Bertz CT molecular complexity index is 389. The van der Waals surface area contributed by atoms with Crippen LogP contribution in [0.2, 0.25) is 0 Å². The Morgan fingerprint density at radius 1 is 1.44 bits per heavy atom. The van der Waals surface area contributed by atoms with Crippen molar-refractivity contribution in [1.82, 2.24) is 20.2 Å². The Balaban J connectivity index is 2.01. The summed E-state index contributed by atoms with van der Waals surface area (Å²) in [4.78, 5) is 11.4. The second-order valence-corrected chi connectivity index (χ2v) is 5.48. The highest BCUT2D eigenvalue weighted by atomic mass is 15.1. The fourth-order valence-electron chi connectivity index (χ4n) is 2.53. The summed E-state index contributed by atoms with van der Waals surface area (Å²) in [5.41, 5.74) is 2.64. The smallest absolute Gasteiger partial charge is 0.129 e. The quantitative estimate of drug-likeness (QED) is 0.841. The molecule has 0 saturated carbocycles. The van der Waals surface area contributed by atoms with E-state index in [1.165, 1.54) is 17.7 Å². The first-order chi connectivity index (χ1) is 8.69. The zero-order valence-corrected chi connectivity index (χ0v) is 11.7. The molecule has 0 bridgehead atoms. The number of hydrogen-bond acceptors (Lipinski definition) is 4. The van der Waals surface area contributed by atoms with Crippen LogP contribution < -0.4 is 5.32 Å². The third kappa shape index (κ3) is 3.50. The number of rotatable bonds is 5. The van der Waals surface area contributed by atoms with Gasteiger partial charge in [0, 0.05) is 24.9 Å². The standard InChI is InChI=1S/C14H24N4/c1-15-9-11-4-5-13-12(8-11)10-16-14(17-13)6-7-18(2)3/h10-11,15H,4-9H2,1-3H3. The Hall–Kier alpha value is -1.00. The molecule has 1 aromatic heterocycles. The van der Waals surface area contributed by atoms with Gasteiger partial charge in [-0.25, -0.2) is 9.97 Å². The molecule has 1 unspecified atom stereocenters. The number of hydrogen-bond donors (Lipinski definition) is 1. The number of aromatic nitrogens is 2. The van der Waals surface area contributed by atoms with E-state index in [4.69, 9.17) is 4.98 Å². The van der Waals surface area contributed by atoms with Crippen molar-refractivity contribution in [3.63, 3.8) is 0 Å². The molecule has 0 radical (unpaired) electrons. The van der Waals surface area contributed by atoms with Gasteiger partial charge in [0.1, 0.15) is 5.82 Å². The second-order valence-electron chi connectivity index (χ2n) is 5.48. The third-order valence-electron chi connectivity index (χ3n) is 3.58. The summed E-state index contributed by atoms with van der Waals surface area (Å²) in [6.45, 7) is 2.11. The molecule has 1 atom stereocenters. The lowest BCUT2D eigenvalue weighted by atomic mass is 9.87. The Labute approximate surface area is 110 Å². The molecular formula is C14H24N4. The molecule has 0 fully saturated rings. The summed E-state index contributed by atoms with van der Waals surface area (Å²) in [7, 11) is 6.19. The highest BCUT2D eigenvalue weighted by Gasteiger charge is 2.19. The number of aryl methyl sites for hydroxylation is 1. The van der Waals surface area contributed by atoms with Crippen LogP contribution in [0.25, 0.3) is 0 Å². The summed E-state index contributed by atoms with van der Waals surface area (Å²) in [5, 5.41) is 3.27. The molecule has 4 nitrogen and oxygen atoms in total. The molecule has 2 rings (SSSR count). The number of likely N-dealkylation sites (N-methyl/N-ethyl adjacent to an activating group) is 1. The lowest BCUT2D eigenvalue weighted by Gasteiger charge is -2.23. The van der Waals surface area contributed by atoms with Crippen LogP contribution in [0.3, 0.4) is 0 Å². The second kappa shape index (κ2) is 6.25. The topological polar surface area (TPSA) is 41.1 Å². The first kappa shape index (κ1) is 13.4. The lowest BCUT2D eigenvalue weighted by Crippen LogP contribution is -2.26. The van der Waals surface area contributed by atoms with Gasteiger partial charge < -0.3 is 10.2 Å². The Morgan fingerprint density at radius 2 is 2.28 bits per heavy atom. The Kier molecular flexibility index (Phi) is 4.66. The van der Waals surface area contributed by atoms with E-state index in [2.05, 4.69) is 35.5 Å². The predicted octanol–water partition coefficient (Wildman–Crippen LogP) is 0.905. The summed E-state index contributed by atoms with van der Waals surface area (Å²) >= 11 is 0. The van der Waals surface area contributed by atoms with Crippen molar-refractivity contribution in [2.45, 2.75) is 25.7 Å². The van der Waals surface area contributed by atoms with Gasteiger partial charge in [0.05, 0.1) is 0 Å². The van der Waals surface area contributed by atoms with Crippen LogP contribution in [-0.4, -0.2) is 49.1 Å². The van der Waals surface area contributed by atoms with Crippen molar-refractivity contribution in [3.8, 4) is 0 Å². The SMILES string of the molecule is CNCC1CCc2nc(CCN(C)C)ncc2C1. The molecular weight excluding hydrogens is 224 g/mol. The van der Waals surface area contributed by atoms with Crippen molar-refractivity contribution in [3.05, 3.63) is 23.3 Å². The number of fused-ring (bicyclic) bond motifs is 1. The molecule has 0 spiro atoms. The monoisotopic (exact) mass is 248 g/mol. The van der Waals surface area contributed by atoms with Crippen molar-refractivity contribution in [1.29, 1.82) is 0 Å². The van der Waals surface area contributed by atoms with Crippen LogP contribution in [-0.2, 0) is 19.3 Å². The van der Waals surface area contributed by atoms with Gasteiger partial charge in [-0.2, -0.15) is 0 Å². The maximum atomic E-state index is 4.72. The summed E-state index contributed by atoms with van der Waals surface area (Å²) in [5.74, 6) is 1.74. The van der Waals surface area contributed by atoms with Gasteiger partial charge in [0.15, 0.2) is 0 Å². The van der Waals surface area contributed by atoms with Gasteiger partial charge >= 0.3 is 0 Å². The van der Waals surface area contributed by atoms with E-state index in [-0.39, 0.29) is 0 Å². The van der Waals surface area contributed by atoms with E-state index in [1.807, 2.05) is 7.05 Å². The molecule has 1 heterocycles. The van der Waals surface area contributed by atoms with Gasteiger partial charge in [-0.15, -0.1) is 0 Å². The lowest BCUT2D eigenvalue weighted by molar-refractivity contribution is 0.406. The molecule has 0 aromatic carbocycles. The van der Waals surface area contributed by atoms with Crippen LogP contribution >= 0.6 is 0 Å². The fourth-order valence-corrected chi connectivity index (χ4v) is 2.53. The van der Waals surface area contributed by atoms with Crippen LogP contribution in [0.15, 0.2) is 6.20 Å². The first-order valence-electron chi connectivity index (χ1n) is 6.82. The third-order valence-corrected chi connectivity index (χ3v) is 3.58. The average molecular weight is 248 g/mol. The molecule has 1 aliphatic rings. The van der Waals surface area contributed by atoms with E-state index >= 15 is 0 Å². The highest BCUT2D eigenvalue weighted by Crippen LogP contribution is 2.23. The maximum absolute atomic E-state index is 4.72. The van der Waals surface area contributed by atoms with Crippen molar-refractivity contribution in [2.24, 2.45) is 5.92 Å². The zero-order valence-electron chi connectivity index (χ0n) is 11.7. The van der Waals surface area contributed by atoms with Crippen LogP contribution in [0, 0.1) is 5.92 Å². The van der Waals surface area contributed by atoms with Gasteiger partial charge in [-0.1, -0.05) is 0 Å². The van der Waals surface area contributed by atoms with E-state index in [9.17, 15) is 0 Å². The number of nitrogens with one attached hydrogen (secondary N) is 1. The van der Waals surface area contributed by atoms with Crippen LogP contribution in [0.5, 0.6) is 0 Å². The van der Waals surface area contributed by atoms with Gasteiger partial charge in [0.2, 0.25) is 0 Å². The molecule has 1 aromatic rings. The van der Waals surface area contributed by atoms with E-state index in [0.29, 0.717) is 0 Å². The maximum Gasteiger partial charge on any atom is 0.129 e. The van der Waals surface area contributed by atoms with Gasteiger partial charge in [-0.05, 0) is 58.4 Å².